The third kappa shape index (κ3) is 8.03. The minimum Gasteiger partial charge on any atom is -0.494 e. The van der Waals surface area contributed by atoms with Crippen molar-refractivity contribution in [1.29, 1.82) is 0 Å². The average Bonchev–Trinajstić information content (AvgIpc) is 3.67. The highest BCUT2D eigenvalue weighted by Gasteiger charge is 2.31. The van der Waals surface area contributed by atoms with E-state index in [-0.39, 0.29) is 16.9 Å². The lowest BCUT2D eigenvalue weighted by Gasteiger charge is -2.19. The summed E-state index contributed by atoms with van der Waals surface area (Å²) in [5.74, 6) is 0.221. The number of nitrogens with zero attached hydrogens (tertiary/aromatic N) is 2. The lowest BCUT2D eigenvalue weighted by atomic mass is 9.87. The Morgan fingerprint density at radius 2 is 1.56 bits per heavy atom. The summed E-state index contributed by atoms with van der Waals surface area (Å²) >= 11 is 0. The number of hydrogen-bond acceptors (Lipinski definition) is 3. The molecule has 0 aliphatic carbocycles. The molecule has 1 N–H and O–H groups in total. The Morgan fingerprint density at radius 1 is 0.860 bits per heavy atom. The fraction of sp³-hybridized carbons (Fsp3) is 0.353. The van der Waals surface area contributed by atoms with Gasteiger partial charge in [-0.05, 0) is 77.8 Å². The van der Waals surface area contributed by atoms with E-state index in [0.717, 1.165) is 51.6 Å². The Kier molecular flexibility index (Phi) is 9.79. The molecule has 1 amide bonds. The van der Waals surface area contributed by atoms with Crippen LogP contribution in [0, 0.1) is 5.95 Å². The quantitative estimate of drug-likeness (QED) is 0.102. The number of aromatic amines is 1. The molecule has 226 valence electrons. The summed E-state index contributed by atoms with van der Waals surface area (Å²) in [7, 11) is 0. The summed E-state index contributed by atoms with van der Waals surface area (Å²) in [5, 5.41) is 6.41. The zero-order chi connectivity index (χ0) is 30.2. The van der Waals surface area contributed by atoms with Gasteiger partial charge in [0.05, 0.1) is 23.9 Å². The first-order valence-corrected chi connectivity index (χ1v) is 14.8. The molecular formula is C34H35F4N3O2. The molecule has 5 rings (SSSR count). The number of unbranched alkanes of at least 4 members (excludes halogenated alkanes) is 3. The molecule has 3 aromatic carbocycles. The predicted molar refractivity (Wildman–Crippen MR) is 160 cm³/mol. The van der Waals surface area contributed by atoms with Gasteiger partial charge in [-0.1, -0.05) is 61.4 Å². The Morgan fingerprint density at radius 3 is 2.28 bits per heavy atom. The van der Waals surface area contributed by atoms with Crippen molar-refractivity contribution < 1.29 is 27.1 Å². The number of nitrogens with one attached hydrogen (secondary N) is 1. The van der Waals surface area contributed by atoms with Gasteiger partial charge in [-0.25, -0.2) is 0 Å². The Hall–Kier alpha value is -4.14. The molecule has 0 atom stereocenters. The number of hydrogen-bond donors (Lipinski definition) is 1. The maximum atomic E-state index is 14.4. The van der Waals surface area contributed by atoms with Gasteiger partial charge in [0, 0.05) is 19.5 Å². The summed E-state index contributed by atoms with van der Waals surface area (Å²) in [5.41, 5.74) is 2.29. The van der Waals surface area contributed by atoms with Crippen molar-refractivity contribution in [3.05, 3.63) is 95.4 Å². The fourth-order valence-electron chi connectivity index (χ4n) is 5.59. The van der Waals surface area contributed by atoms with E-state index in [9.17, 15) is 22.4 Å². The van der Waals surface area contributed by atoms with Crippen molar-refractivity contribution in [2.24, 2.45) is 0 Å². The number of benzene rings is 3. The van der Waals surface area contributed by atoms with Gasteiger partial charge in [0.2, 0.25) is 11.9 Å². The van der Waals surface area contributed by atoms with Crippen molar-refractivity contribution >= 4 is 28.0 Å². The molecule has 1 aromatic heterocycles. The molecule has 1 saturated heterocycles. The largest absolute Gasteiger partial charge is 0.494 e. The Balaban J connectivity index is 1.31. The first kappa shape index (κ1) is 30.3. The predicted octanol–water partition coefficient (Wildman–Crippen LogP) is 8.57. The van der Waals surface area contributed by atoms with Crippen molar-refractivity contribution in [3.63, 3.8) is 0 Å². The van der Waals surface area contributed by atoms with Gasteiger partial charge in [0.15, 0.2) is 0 Å². The van der Waals surface area contributed by atoms with Crippen LogP contribution in [0.25, 0.3) is 22.0 Å². The minimum absolute atomic E-state index is 0.0910. The van der Waals surface area contributed by atoms with Crippen LogP contribution in [0.15, 0.2) is 72.8 Å². The number of carbonyl (C=O) groups is 1. The summed E-state index contributed by atoms with van der Waals surface area (Å²) in [6.45, 7) is 2.27. The van der Waals surface area contributed by atoms with E-state index in [1.54, 1.807) is 66.7 Å². The van der Waals surface area contributed by atoms with Gasteiger partial charge in [0.25, 0.3) is 0 Å². The summed E-state index contributed by atoms with van der Waals surface area (Å²) in [4.78, 5) is 14.1. The van der Waals surface area contributed by atoms with E-state index >= 15 is 0 Å². The highest BCUT2D eigenvalue weighted by atomic mass is 19.4. The standard InChI is InChI=1S/C34H35F4N3O2/c35-33-28-22-26(15-18-30(28)39-40-33)32(29(23-34(36,37)38)24-10-4-3-5-11-24)25-13-16-27(17-14-25)43-21-9-2-1-6-12-31(42)41-19-7-8-20-41/h3-5,10-11,13-18,22H,1-2,6-9,12,19-21,23H2,(H,39,40). The van der Waals surface area contributed by atoms with Crippen LogP contribution in [-0.2, 0) is 4.79 Å². The molecule has 5 nitrogen and oxygen atoms in total. The molecule has 1 fully saturated rings. The van der Waals surface area contributed by atoms with Crippen LogP contribution in [0.4, 0.5) is 17.6 Å². The van der Waals surface area contributed by atoms with Crippen LogP contribution in [0.1, 0.15) is 68.1 Å². The van der Waals surface area contributed by atoms with Crippen LogP contribution in [-0.4, -0.2) is 46.9 Å². The van der Waals surface area contributed by atoms with E-state index in [2.05, 4.69) is 10.2 Å². The molecule has 1 aliphatic rings. The number of halogens is 4. The van der Waals surface area contributed by atoms with Crippen LogP contribution >= 0.6 is 0 Å². The zero-order valence-electron chi connectivity index (χ0n) is 23.9. The molecule has 0 bridgehead atoms. The van der Waals surface area contributed by atoms with Gasteiger partial charge >= 0.3 is 6.18 Å². The number of likely N-dealkylation sites (tertiary alicyclic amines) is 1. The monoisotopic (exact) mass is 593 g/mol. The average molecular weight is 594 g/mol. The molecule has 0 unspecified atom stereocenters. The minimum atomic E-state index is -4.47. The van der Waals surface area contributed by atoms with Crippen molar-refractivity contribution in [2.45, 2.75) is 57.5 Å². The van der Waals surface area contributed by atoms with Crippen molar-refractivity contribution in [3.8, 4) is 5.75 Å². The number of amides is 1. The van der Waals surface area contributed by atoms with Crippen molar-refractivity contribution in [2.75, 3.05) is 19.7 Å². The van der Waals surface area contributed by atoms with Gasteiger partial charge < -0.3 is 9.64 Å². The third-order valence-corrected chi connectivity index (χ3v) is 7.75. The molecule has 43 heavy (non-hydrogen) atoms. The van der Waals surface area contributed by atoms with Crippen LogP contribution in [0.2, 0.25) is 0 Å². The lowest BCUT2D eigenvalue weighted by molar-refractivity contribution is -0.130. The highest BCUT2D eigenvalue weighted by Crippen LogP contribution is 2.40. The number of ether oxygens (including phenoxy) is 1. The molecule has 2 heterocycles. The van der Waals surface area contributed by atoms with Gasteiger partial charge in [-0.15, -0.1) is 0 Å². The van der Waals surface area contributed by atoms with Crippen LogP contribution < -0.4 is 4.74 Å². The second-order valence-corrected chi connectivity index (χ2v) is 10.9. The van der Waals surface area contributed by atoms with E-state index in [1.807, 2.05) is 4.90 Å². The van der Waals surface area contributed by atoms with Gasteiger partial charge in [-0.2, -0.15) is 22.7 Å². The molecule has 1 aliphatic heterocycles. The van der Waals surface area contributed by atoms with E-state index in [0.29, 0.717) is 46.6 Å². The molecule has 0 radical (unpaired) electrons. The second-order valence-electron chi connectivity index (χ2n) is 10.9. The smallest absolute Gasteiger partial charge is 0.393 e. The summed E-state index contributed by atoms with van der Waals surface area (Å²) < 4.78 is 62.1. The third-order valence-electron chi connectivity index (χ3n) is 7.75. The topological polar surface area (TPSA) is 58.2 Å². The summed E-state index contributed by atoms with van der Waals surface area (Å²) in [6, 6.07) is 20.2. The molecule has 9 heteroatoms. The first-order valence-electron chi connectivity index (χ1n) is 14.8. The van der Waals surface area contributed by atoms with Crippen molar-refractivity contribution in [1.82, 2.24) is 15.1 Å². The number of allylic oxidation sites excluding steroid dienone is 1. The lowest BCUT2D eigenvalue weighted by Crippen LogP contribution is -2.27. The maximum absolute atomic E-state index is 14.4. The number of aromatic nitrogens is 2. The van der Waals surface area contributed by atoms with Crippen LogP contribution in [0.3, 0.4) is 0 Å². The van der Waals surface area contributed by atoms with E-state index < -0.39 is 18.5 Å². The number of alkyl halides is 3. The normalized spacial score (nSPS) is 14.3. The molecule has 4 aromatic rings. The Bertz CT molecular complexity index is 1540. The SMILES string of the molecule is O=C(CCCCCCOc1ccc(C(=C(CC(F)(F)F)c2ccccc2)c2ccc3n[nH]c(F)c3c2)cc1)N1CCCC1. The Labute approximate surface area is 248 Å². The number of carbonyl (C=O) groups excluding carboxylic acids is 1. The van der Waals surface area contributed by atoms with Crippen LogP contribution in [0.5, 0.6) is 5.75 Å². The zero-order valence-corrected chi connectivity index (χ0v) is 23.9. The van der Waals surface area contributed by atoms with Gasteiger partial charge in [-0.3, -0.25) is 9.89 Å². The number of rotatable bonds is 12. The first-order chi connectivity index (χ1) is 20.8. The number of fused-ring (bicyclic) bond motifs is 1. The number of H-pyrrole nitrogens is 1. The molecular weight excluding hydrogens is 558 g/mol. The van der Waals surface area contributed by atoms with E-state index in [1.165, 1.54) is 6.07 Å². The van der Waals surface area contributed by atoms with E-state index in [4.69, 9.17) is 4.74 Å². The van der Waals surface area contributed by atoms with Gasteiger partial charge in [0.1, 0.15) is 5.75 Å². The summed E-state index contributed by atoms with van der Waals surface area (Å²) in [6.07, 6.45) is 0.793. The molecule has 0 spiro atoms. The second kappa shape index (κ2) is 13.9. The fourth-order valence-corrected chi connectivity index (χ4v) is 5.59. The highest BCUT2D eigenvalue weighted by molar-refractivity contribution is 6.00. The molecule has 0 saturated carbocycles. The maximum Gasteiger partial charge on any atom is 0.393 e.